The number of amides is 2. The number of carbonyl (C=O) groups is 2. The Hall–Kier alpha value is -3.61. The van der Waals surface area contributed by atoms with Gasteiger partial charge in [0, 0.05) is 49.4 Å². The number of fused-ring (bicyclic) bond motifs is 2. The molecule has 1 aromatic carbocycles. The van der Waals surface area contributed by atoms with Crippen LogP contribution in [-0.2, 0) is 24.2 Å². The second-order valence-electron chi connectivity index (χ2n) is 8.90. The van der Waals surface area contributed by atoms with Gasteiger partial charge >= 0.3 is 0 Å². The lowest BCUT2D eigenvalue weighted by Crippen LogP contribution is -2.40. The molecule has 1 aliphatic heterocycles. The lowest BCUT2D eigenvalue weighted by molar-refractivity contribution is -0.132. The highest BCUT2D eigenvalue weighted by Gasteiger charge is 2.27. The molecule has 3 heterocycles. The van der Waals surface area contributed by atoms with Gasteiger partial charge in [-0.25, -0.2) is 0 Å². The van der Waals surface area contributed by atoms with Crippen LogP contribution in [0.5, 0.6) is 0 Å². The number of rotatable bonds is 6. The van der Waals surface area contributed by atoms with E-state index in [2.05, 4.69) is 33.5 Å². The van der Waals surface area contributed by atoms with E-state index in [1.54, 1.807) is 6.20 Å². The number of aromatic nitrogens is 2. The normalized spacial score (nSPS) is 17.3. The van der Waals surface area contributed by atoms with Crippen LogP contribution in [0.1, 0.15) is 46.3 Å². The molecule has 2 aromatic heterocycles. The minimum absolute atomic E-state index is 0.133. The van der Waals surface area contributed by atoms with Crippen LogP contribution in [0.15, 0.2) is 53.6 Å². The number of nitrogens with one attached hydrogen (secondary N) is 3. The smallest absolute Gasteiger partial charge is 0.261 e. The Morgan fingerprint density at radius 2 is 2.03 bits per heavy atom. The van der Waals surface area contributed by atoms with Crippen LogP contribution < -0.4 is 10.9 Å². The molecule has 33 heavy (non-hydrogen) atoms. The average molecular weight is 445 g/mol. The van der Waals surface area contributed by atoms with Gasteiger partial charge in [-0.05, 0) is 54.4 Å². The Labute approximate surface area is 191 Å². The monoisotopic (exact) mass is 444 g/mol. The lowest BCUT2D eigenvalue weighted by atomic mass is 9.95. The summed E-state index contributed by atoms with van der Waals surface area (Å²) < 4.78 is 0. The number of nitrogens with zero attached hydrogens (tertiary/aromatic N) is 1. The van der Waals surface area contributed by atoms with Gasteiger partial charge in [0.1, 0.15) is 5.56 Å². The van der Waals surface area contributed by atoms with Crippen molar-refractivity contribution in [3.63, 3.8) is 0 Å². The summed E-state index contributed by atoms with van der Waals surface area (Å²) in [5, 5.41) is 4.05. The van der Waals surface area contributed by atoms with Gasteiger partial charge < -0.3 is 20.2 Å². The highest BCUT2D eigenvalue weighted by Crippen LogP contribution is 2.25. The minimum Gasteiger partial charge on any atom is -0.361 e. The van der Waals surface area contributed by atoms with E-state index < -0.39 is 0 Å². The van der Waals surface area contributed by atoms with Gasteiger partial charge in [0.2, 0.25) is 5.91 Å². The van der Waals surface area contributed by atoms with Gasteiger partial charge in [-0.2, -0.15) is 0 Å². The molecule has 7 nitrogen and oxygen atoms in total. The maximum Gasteiger partial charge on any atom is 0.261 e. The summed E-state index contributed by atoms with van der Waals surface area (Å²) >= 11 is 0. The van der Waals surface area contributed by atoms with Crippen molar-refractivity contribution >= 4 is 22.7 Å². The van der Waals surface area contributed by atoms with Gasteiger partial charge in [0.15, 0.2) is 0 Å². The molecule has 0 saturated carbocycles. The van der Waals surface area contributed by atoms with Crippen molar-refractivity contribution in [2.75, 3.05) is 13.1 Å². The van der Waals surface area contributed by atoms with Crippen molar-refractivity contribution in [2.24, 2.45) is 5.92 Å². The van der Waals surface area contributed by atoms with Crippen LogP contribution in [0.3, 0.4) is 0 Å². The van der Waals surface area contributed by atoms with Crippen molar-refractivity contribution < 1.29 is 9.59 Å². The fourth-order valence-electron chi connectivity index (χ4n) is 4.98. The fraction of sp³-hybridized carbons (Fsp3) is 0.346. The Bertz CT molecular complexity index is 1290. The Balaban J connectivity index is 1.25. The SMILES string of the molecule is O=C(NCCc1c[nH]c2ccccc12)c1c2c(c[nH]c1=O)CN(C(=O)CC1C=CCC1)CC2. The molecule has 1 unspecified atom stereocenters. The van der Waals surface area contributed by atoms with Crippen molar-refractivity contribution in [3.8, 4) is 0 Å². The van der Waals surface area contributed by atoms with Gasteiger partial charge in [-0.3, -0.25) is 14.4 Å². The number of pyridine rings is 1. The summed E-state index contributed by atoms with van der Waals surface area (Å²) in [6.45, 7) is 1.39. The lowest BCUT2D eigenvalue weighted by Gasteiger charge is -2.30. The first-order chi connectivity index (χ1) is 16.1. The number of para-hydroxylation sites is 1. The fourth-order valence-corrected chi connectivity index (χ4v) is 4.98. The Morgan fingerprint density at radius 1 is 1.15 bits per heavy atom. The zero-order chi connectivity index (χ0) is 22.8. The Morgan fingerprint density at radius 3 is 2.88 bits per heavy atom. The minimum atomic E-state index is -0.380. The van der Waals surface area contributed by atoms with E-state index in [1.807, 2.05) is 29.3 Å². The molecular formula is C26H28N4O3. The molecule has 2 amide bonds. The number of carbonyl (C=O) groups excluding carboxylic acids is 2. The van der Waals surface area contributed by atoms with Crippen molar-refractivity contribution in [2.45, 2.75) is 38.6 Å². The average Bonchev–Trinajstić information content (AvgIpc) is 3.49. The van der Waals surface area contributed by atoms with Gasteiger partial charge in [-0.15, -0.1) is 0 Å². The van der Waals surface area contributed by atoms with Crippen molar-refractivity contribution in [1.29, 1.82) is 0 Å². The highest BCUT2D eigenvalue weighted by atomic mass is 16.2. The first-order valence-electron chi connectivity index (χ1n) is 11.6. The first kappa shape index (κ1) is 21.2. The quantitative estimate of drug-likeness (QED) is 0.510. The van der Waals surface area contributed by atoms with E-state index in [4.69, 9.17) is 0 Å². The van der Waals surface area contributed by atoms with E-state index in [9.17, 15) is 14.4 Å². The number of aromatic amines is 2. The molecule has 1 atom stereocenters. The number of H-pyrrole nitrogens is 2. The molecule has 0 radical (unpaired) electrons. The zero-order valence-corrected chi connectivity index (χ0v) is 18.5. The van der Waals surface area contributed by atoms with Crippen LogP contribution in [0.4, 0.5) is 0 Å². The third kappa shape index (κ3) is 4.35. The molecule has 7 heteroatoms. The summed E-state index contributed by atoms with van der Waals surface area (Å²) in [5.74, 6) is 0.102. The number of allylic oxidation sites excluding steroid dienone is 2. The van der Waals surface area contributed by atoms with Crippen LogP contribution >= 0.6 is 0 Å². The summed E-state index contributed by atoms with van der Waals surface area (Å²) in [5.41, 5.74) is 3.59. The molecule has 170 valence electrons. The number of hydrogen-bond acceptors (Lipinski definition) is 3. The van der Waals surface area contributed by atoms with E-state index >= 15 is 0 Å². The van der Waals surface area contributed by atoms with Gasteiger partial charge in [0.25, 0.3) is 11.5 Å². The molecule has 0 fully saturated rings. The summed E-state index contributed by atoms with van der Waals surface area (Å²) in [6.07, 6.45) is 11.7. The molecular weight excluding hydrogens is 416 g/mol. The topological polar surface area (TPSA) is 98.1 Å². The second kappa shape index (κ2) is 9.10. The van der Waals surface area contributed by atoms with Gasteiger partial charge in [-0.1, -0.05) is 30.4 Å². The van der Waals surface area contributed by atoms with E-state index in [0.717, 1.165) is 40.4 Å². The van der Waals surface area contributed by atoms with Crippen molar-refractivity contribution in [1.82, 2.24) is 20.2 Å². The zero-order valence-electron chi connectivity index (χ0n) is 18.5. The molecule has 5 rings (SSSR count). The second-order valence-corrected chi connectivity index (χ2v) is 8.90. The maximum atomic E-state index is 12.9. The van der Waals surface area contributed by atoms with Gasteiger partial charge in [0.05, 0.1) is 0 Å². The molecule has 0 bridgehead atoms. The van der Waals surface area contributed by atoms with E-state index in [-0.39, 0.29) is 22.9 Å². The van der Waals surface area contributed by atoms with Crippen LogP contribution in [0.25, 0.3) is 10.9 Å². The third-order valence-electron chi connectivity index (χ3n) is 6.77. The summed E-state index contributed by atoms with van der Waals surface area (Å²) in [4.78, 5) is 46.0. The molecule has 2 aliphatic rings. The standard InChI is InChI=1S/C26H28N4O3/c31-23(13-17-5-1-2-6-17)30-12-10-21-19(16-30)15-29-26(33)24(21)25(32)27-11-9-18-14-28-22-8-4-3-7-20(18)22/h1,3-5,7-8,14-15,17,28H,2,6,9-13,16H2,(H,27,32)(H,29,33). The van der Waals surface area contributed by atoms with Crippen LogP contribution in [0, 0.1) is 5.92 Å². The third-order valence-corrected chi connectivity index (χ3v) is 6.77. The highest BCUT2D eigenvalue weighted by molar-refractivity contribution is 5.96. The van der Waals surface area contributed by atoms with E-state index in [1.165, 1.54) is 0 Å². The predicted octanol–water partition coefficient (Wildman–Crippen LogP) is 3.07. The molecule has 3 aromatic rings. The summed E-state index contributed by atoms with van der Waals surface area (Å²) in [6, 6.07) is 8.05. The number of benzene rings is 1. The van der Waals surface area contributed by atoms with Crippen LogP contribution in [0.2, 0.25) is 0 Å². The maximum absolute atomic E-state index is 12.9. The summed E-state index contributed by atoms with van der Waals surface area (Å²) in [7, 11) is 0. The molecule has 3 N–H and O–H groups in total. The first-order valence-corrected chi connectivity index (χ1v) is 11.6. The Kier molecular flexibility index (Phi) is 5.86. The molecule has 0 saturated heterocycles. The predicted molar refractivity (Wildman–Crippen MR) is 127 cm³/mol. The van der Waals surface area contributed by atoms with Crippen molar-refractivity contribution in [3.05, 3.63) is 81.4 Å². The molecule has 1 aliphatic carbocycles. The largest absolute Gasteiger partial charge is 0.361 e. The molecule has 0 spiro atoms. The van der Waals surface area contributed by atoms with E-state index in [0.29, 0.717) is 44.8 Å². The number of hydrogen-bond donors (Lipinski definition) is 3. The van der Waals surface area contributed by atoms with Crippen LogP contribution in [-0.4, -0.2) is 39.8 Å².